The van der Waals surface area contributed by atoms with Crippen molar-refractivity contribution in [2.45, 2.75) is 27.2 Å². The van der Waals surface area contributed by atoms with Crippen LogP contribution >= 0.6 is 0 Å². The molecule has 2 heterocycles. The predicted octanol–water partition coefficient (Wildman–Crippen LogP) is 2.18. The maximum Gasteiger partial charge on any atom is 0.311 e. The van der Waals surface area contributed by atoms with Crippen molar-refractivity contribution in [2.75, 3.05) is 0 Å². The van der Waals surface area contributed by atoms with Gasteiger partial charge in [-0.3, -0.25) is 4.79 Å². The van der Waals surface area contributed by atoms with Crippen LogP contribution in [0, 0.1) is 32.4 Å². The largest absolute Gasteiger partial charge is 0.481 e. The Morgan fingerprint density at radius 2 is 1.63 bits per heavy atom. The van der Waals surface area contributed by atoms with Crippen LogP contribution in [0.1, 0.15) is 22.9 Å². The molecule has 0 radical (unpaired) electrons. The Hall–Kier alpha value is -2.25. The van der Waals surface area contributed by atoms with E-state index in [4.69, 9.17) is 5.11 Å². The Morgan fingerprint density at radius 1 is 1.11 bits per heavy atom. The summed E-state index contributed by atoms with van der Waals surface area (Å²) in [4.78, 5) is 10.1. The first-order chi connectivity index (χ1) is 8.82. The molecule has 0 aliphatic rings. The number of aliphatic carboxylic acids is 1. The van der Waals surface area contributed by atoms with Crippen LogP contribution in [-0.2, 0) is 11.2 Å². The van der Waals surface area contributed by atoms with Crippen LogP contribution in [0.4, 0.5) is 8.78 Å². The van der Waals surface area contributed by atoms with Gasteiger partial charge in [0.1, 0.15) is 17.8 Å². The molecule has 0 atom stereocenters. The van der Waals surface area contributed by atoms with E-state index in [9.17, 15) is 13.6 Å². The van der Waals surface area contributed by atoms with Crippen LogP contribution in [0.15, 0.2) is 9.05 Å². The zero-order chi connectivity index (χ0) is 14.6. The highest BCUT2D eigenvalue weighted by Crippen LogP contribution is 2.10. The van der Waals surface area contributed by atoms with E-state index in [-0.39, 0.29) is 23.0 Å². The summed E-state index contributed by atoms with van der Waals surface area (Å²) in [5.74, 6) is -2.13. The van der Waals surface area contributed by atoms with E-state index >= 15 is 0 Å². The number of aryl methyl sites for hydroxylation is 3. The molecule has 6 nitrogen and oxygen atoms in total. The molecule has 0 aromatic carbocycles. The van der Waals surface area contributed by atoms with Crippen molar-refractivity contribution in [3.8, 4) is 0 Å². The zero-order valence-corrected chi connectivity index (χ0v) is 10.5. The highest BCUT2D eigenvalue weighted by molar-refractivity contribution is 5.69. The molecule has 0 aliphatic heterocycles. The van der Waals surface area contributed by atoms with Crippen molar-refractivity contribution in [3.05, 3.63) is 34.5 Å². The lowest BCUT2D eigenvalue weighted by Crippen LogP contribution is -2.00. The number of rotatable bonds is 2. The lowest BCUT2D eigenvalue weighted by molar-refractivity contribution is -0.136. The van der Waals surface area contributed by atoms with E-state index in [1.54, 1.807) is 6.92 Å². The Kier molecular flexibility index (Phi) is 4.74. The van der Waals surface area contributed by atoms with Crippen molar-refractivity contribution >= 4 is 5.97 Å². The van der Waals surface area contributed by atoms with E-state index in [0.29, 0.717) is 5.69 Å². The van der Waals surface area contributed by atoms with Gasteiger partial charge in [0, 0.05) is 0 Å². The second kappa shape index (κ2) is 6.07. The van der Waals surface area contributed by atoms with Gasteiger partial charge in [0.05, 0.1) is 0 Å². The fourth-order valence-corrected chi connectivity index (χ4v) is 1.12. The number of carbonyl (C=O) groups is 1. The Morgan fingerprint density at radius 3 is 1.89 bits per heavy atom. The fraction of sp³-hybridized carbons (Fsp3) is 0.364. The van der Waals surface area contributed by atoms with Crippen LogP contribution in [0.2, 0.25) is 0 Å². The molecular formula is C11H12F2N2O4. The van der Waals surface area contributed by atoms with E-state index in [2.05, 4.69) is 19.4 Å². The van der Waals surface area contributed by atoms with Gasteiger partial charge >= 0.3 is 5.97 Å². The van der Waals surface area contributed by atoms with Crippen LogP contribution in [0.5, 0.6) is 0 Å². The average Bonchev–Trinajstić information content (AvgIpc) is 2.80. The van der Waals surface area contributed by atoms with E-state index in [1.807, 2.05) is 0 Å². The molecule has 0 saturated carbocycles. The van der Waals surface area contributed by atoms with Crippen LogP contribution in [0.25, 0.3) is 0 Å². The van der Waals surface area contributed by atoms with Crippen LogP contribution in [-0.4, -0.2) is 21.4 Å². The van der Waals surface area contributed by atoms with E-state index < -0.39 is 18.2 Å². The summed E-state index contributed by atoms with van der Waals surface area (Å²) in [6.07, 6.45) is -0.466. The quantitative estimate of drug-likeness (QED) is 0.902. The third kappa shape index (κ3) is 3.87. The number of nitrogens with zero attached hydrogens (tertiary/aromatic N) is 2. The number of aromatic nitrogens is 2. The minimum Gasteiger partial charge on any atom is -0.481 e. The second-order valence-electron chi connectivity index (χ2n) is 3.71. The summed E-state index contributed by atoms with van der Waals surface area (Å²) in [7, 11) is 0. The van der Waals surface area contributed by atoms with Gasteiger partial charge in [-0.05, 0) is 20.8 Å². The lowest BCUT2D eigenvalue weighted by Gasteiger charge is -1.86. The number of hydrogen-bond acceptors (Lipinski definition) is 5. The van der Waals surface area contributed by atoms with Gasteiger partial charge in [-0.15, -0.1) is 0 Å². The number of hydrogen-bond donors (Lipinski definition) is 1. The highest BCUT2D eigenvalue weighted by Gasteiger charge is 2.14. The molecule has 2 aromatic rings. The molecule has 8 heteroatoms. The van der Waals surface area contributed by atoms with Gasteiger partial charge in [0.2, 0.25) is 0 Å². The summed E-state index contributed by atoms with van der Waals surface area (Å²) in [6, 6.07) is 0. The number of halogens is 2. The van der Waals surface area contributed by atoms with E-state index in [1.165, 1.54) is 13.8 Å². The highest BCUT2D eigenvalue weighted by atomic mass is 19.1. The number of carboxylic acids is 1. The normalized spacial score (nSPS) is 9.95. The molecule has 0 aliphatic carbocycles. The first-order valence-electron chi connectivity index (χ1n) is 5.23. The Balaban J connectivity index is 0.000000200. The predicted molar refractivity (Wildman–Crippen MR) is 58.5 cm³/mol. The summed E-state index contributed by atoms with van der Waals surface area (Å²) in [5.41, 5.74) is 0.406. The van der Waals surface area contributed by atoms with Crippen molar-refractivity contribution in [1.29, 1.82) is 0 Å². The molecule has 2 aromatic heterocycles. The number of carboxylic acid groups (broad SMARTS) is 1. The minimum atomic E-state index is -1.14. The molecule has 0 fully saturated rings. The lowest BCUT2D eigenvalue weighted by atomic mass is 10.3. The van der Waals surface area contributed by atoms with Crippen molar-refractivity contribution < 1.29 is 27.7 Å². The standard InChI is InChI=1S/C6H6FNO3.C5H6FNO/c1-3-6(7)4(11-8-3)2-5(9)10;1-3-5(6)4(2)8-7-3/h2H2,1H3,(H,9,10);1-2H3. The second-order valence-corrected chi connectivity index (χ2v) is 3.71. The smallest absolute Gasteiger partial charge is 0.311 e. The summed E-state index contributed by atoms with van der Waals surface area (Å²) < 4.78 is 33.9. The molecule has 0 saturated heterocycles. The van der Waals surface area contributed by atoms with Gasteiger partial charge < -0.3 is 14.2 Å². The summed E-state index contributed by atoms with van der Waals surface area (Å²) in [5, 5.41) is 14.9. The first kappa shape index (κ1) is 14.8. The molecule has 1 N–H and O–H groups in total. The van der Waals surface area contributed by atoms with Crippen LogP contribution < -0.4 is 0 Å². The van der Waals surface area contributed by atoms with Gasteiger partial charge in [-0.25, -0.2) is 8.78 Å². The maximum absolute atomic E-state index is 12.7. The molecule has 2 rings (SSSR count). The SMILES string of the molecule is Cc1noc(C)c1F.Cc1noc(CC(=O)O)c1F. The molecule has 0 unspecified atom stereocenters. The molecule has 0 amide bonds. The Labute approximate surface area is 107 Å². The Bertz CT molecular complexity index is 558. The molecular weight excluding hydrogens is 262 g/mol. The summed E-state index contributed by atoms with van der Waals surface area (Å²) >= 11 is 0. The van der Waals surface area contributed by atoms with Gasteiger partial charge in [0.15, 0.2) is 23.2 Å². The first-order valence-corrected chi connectivity index (χ1v) is 5.23. The van der Waals surface area contributed by atoms with Crippen molar-refractivity contribution in [1.82, 2.24) is 10.3 Å². The zero-order valence-electron chi connectivity index (χ0n) is 10.5. The topological polar surface area (TPSA) is 89.4 Å². The third-order valence-electron chi connectivity index (χ3n) is 2.11. The molecule has 0 spiro atoms. The monoisotopic (exact) mass is 274 g/mol. The van der Waals surface area contributed by atoms with Gasteiger partial charge in [0.25, 0.3) is 0 Å². The average molecular weight is 274 g/mol. The molecule has 0 bridgehead atoms. The third-order valence-corrected chi connectivity index (χ3v) is 2.11. The van der Waals surface area contributed by atoms with Crippen LogP contribution in [0.3, 0.4) is 0 Å². The van der Waals surface area contributed by atoms with Gasteiger partial charge in [-0.1, -0.05) is 10.3 Å². The van der Waals surface area contributed by atoms with Gasteiger partial charge in [-0.2, -0.15) is 0 Å². The summed E-state index contributed by atoms with van der Waals surface area (Å²) in [6.45, 7) is 4.51. The maximum atomic E-state index is 12.7. The fourth-order valence-electron chi connectivity index (χ4n) is 1.12. The van der Waals surface area contributed by atoms with Crippen molar-refractivity contribution in [3.63, 3.8) is 0 Å². The van der Waals surface area contributed by atoms with E-state index in [0.717, 1.165) is 0 Å². The van der Waals surface area contributed by atoms with Crippen molar-refractivity contribution in [2.24, 2.45) is 0 Å². The molecule has 19 heavy (non-hydrogen) atoms. The molecule has 104 valence electrons. The minimum absolute atomic E-state index is 0.0845.